The summed E-state index contributed by atoms with van der Waals surface area (Å²) in [6.07, 6.45) is 0.346. The first-order valence-corrected chi connectivity index (χ1v) is 6.38. The van der Waals surface area contributed by atoms with Gasteiger partial charge in [0.15, 0.2) is 0 Å². The zero-order valence-electron chi connectivity index (χ0n) is 11.2. The molecule has 0 aromatic heterocycles. The number of amides is 1. The summed E-state index contributed by atoms with van der Waals surface area (Å²) in [7, 11) is 1.51. The molecule has 1 atom stereocenters. The lowest BCUT2D eigenvalue weighted by atomic mass is 10.1. The van der Waals surface area contributed by atoms with Crippen molar-refractivity contribution in [3.63, 3.8) is 0 Å². The molecule has 0 radical (unpaired) electrons. The minimum atomic E-state index is -0.412. The molecule has 1 aliphatic rings. The maximum Gasteiger partial charge on any atom is 0.274 e. The number of carbonyl (C=O) groups excluding carboxylic acids is 1. The summed E-state index contributed by atoms with van der Waals surface area (Å²) < 4.78 is 5.10. The molecule has 0 saturated carbocycles. The molecule has 0 aliphatic carbocycles. The van der Waals surface area contributed by atoms with Gasteiger partial charge in [-0.05, 0) is 12.5 Å². The summed E-state index contributed by atoms with van der Waals surface area (Å²) >= 11 is 0. The third-order valence-electron chi connectivity index (χ3n) is 3.50. The topological polar surface area (TPSA) is 98.7 Å². The third-order valence-corrected chi connectivity index (χ3v) is 3.50. The number of rotatable bonds is 5. The molecule has 2 N–H and O–H groups in total. The normalized spacial score (nSPS) is 15.0. The van der Waals surface area contributed by atoms with Gasteiger partial charge >= 0.3 is 0 Å². The first-order valence-electron chi connectivity index (χ1n) is 6.38. The van der Waals surface area contributed by atoms with E-state index in [2.05, 4.69) is 0 Å². The molecule has 20 heavy (non-hydrogen) atoms. The van der Waals surface area contributed by atoms with Crippen LogP contribution in [-0.4, -0.2) is 37.1 Å². The predicted molar refractivity (Wildman–Crippen MR) is 73.6 cm³/mol. The van der Waals surface area contributed by atoms with Crippen LogP contribution in [-0.2, 0) is 16.0 Å². The van der Waals surface area contributed by atoms with Gasteiger partial charge in [0, 0.05) is 26.3 Å². The first kappa shape index (κ1) is 14.4. The first-order chi connectivity index (χ1) is 9.58. The lowest BCUT2D eigenvalue weighted by molar-refractivity contribution is -0.385. The monoisotopic (exact) mass is 279 g/mol. The summed E-state index contributed by atoms with van der Waals surface area (Å²) in [5.74, 6) is -0.124. The number of nitrogens with zero attached hydrogens (tertiary/aromatic N) is 2. The largest absolute Gasteiger partial charge is 0.380 e. The van der Waals surface area contributed by atoms with E-state index in [1.54, 1.807) is 17.0 Å². The van der Waals surface area contributed by atoms with E-state index >= 15 is 0 Å². The van der Waals surface area contributed by atoms with Crippen molar-refractivity contribution in [2.75, 3.05) is 25.1 Å². The molecular weight excluding hydrogens is 262 g/mol. The van der Waals surface area contributed by atoms with Gasteiger partial charge in [-0.2, -0.15) is 0 Å². The number of fused-ring (bicyclic) bond motifs is 1. The lowest BCUT2D eigenvalue weighted by Crippen LogP contribution is -2.35. The molecular formula is C13H17N3O4. The third kappa shape index (κ3) is 2.63. The predicted octanol–water partition coefficient (Wildman–Crippen LogP) is 0.848. The van der Waals surface area contributed by atoms with Gasteiger partial charge in [0.05, 0.1) is 28.7 Å². The number of hydrogen-bond donors (Lipinski definition) is 1. The highest BCUT2D eigenvalue weighted by Gasteiger charge is 2.30. The highest BCUT2D eigenvalue weighted by Crippen LogP contribution is 2.35. The number of benzene rings is 1. The average molecular weight is 279 g/mol. The van der Waals surface area contributed by atoms with Crippen molar-refractivity contribution in [1.82, 2.24) is 0 Å². The van der Waals surface area contributed by atoms with Crippen LogP contribution < -0.4 is 10.6 Å². The fourth-order valence-electron chi connectivity index (χ4n) is 2.41. The SMILES string of the molecule is COC(CN)CC(=O)N1CCc2c1cccc2[N+](=O)[O-]. The van der Waals surface area contributed by atoms with Crippen LogP contribution in [0.4, 0.5) is 11.4 Å². The number of anilines is 1. The van der Waals surface area contributed by atoms with Crippen molar-refractivity contribution < 1.29 is 14.5 Å². The number of carbonyl (C=O) groups is 1. The van der Waals surface area contributed by atoms with Crippen molar-refractivity contribution in [2.45, 2.75) is 18.9 Å². The van der Waals surface area contributed by atoms with Crippen LogP contribution in [0.1, 0.15) is 12.0 Å². The second-order valence-corrected chi connectivity index (χ2v) is 4.62. The van der Waals surface area contributed by atoms with Crippen LogP contribution in [0.15, 0.2) is 18.2 Å². The Hall–Kier alpha value is -1.99. The highest BCUT2D eigenvalue weighted by molar-refractivity contribution is 5.96. The van der Waals surface area contributed by atoms with Crippen molar-refractivity contribution in [3.05, 3.63) is 33.9 Å². The Bertz CT molecular complexity index is 528. The molecule has 0 saturated heterocycles. The fraction of sp³-hybridized carbons (Fsp3) is 0.462. The Kier molecular flexibility index (Phi) is 4.31. The fourth-order valence-corrected chi connectivity index (χ4v) is 2.41. The van der Waals surface area contributed by atoms with Gasteiger partial charge in [0.25, 0.3) is 5.69 Å². The Morgan fingerprint density at radius 3 is 2.95 bits per heavy atom. The van der Waals surface area contributed by atoms with Gasteiger partial charge in [-0.25, -0.2) is 0 Å². The molecule has 1 heterocycles. The molecule has 0 fully saturated rings. The quantitative estimate of drug-likeness (QED) is 0.636. The Morgan fingerprint density at radius 2 is 2.35 bits per heavy atom. The zero-order chi connectivity index (χ0) is 14.7. The van der Waals surface area contributed by atoms with E-state index in [0.717, 1.165) is 0 Å². The molecule has 1 aliphatic heterocycles. The van der Waals surface area contributed by atoms with E-state index in [1.165, 1.54) is 13.2 Å². The van der Waals surface area contributed by atoms with Gasteiger partial charge in [0.2, 0.25) is 5.91 Å². The number of nitrogens with two attached hydrogens (primary N) is 1. The molecule has 0 bridgehead atoms. The Balaban J connectivity index is 2.22. The number of hydrogen-bond acceptors (Lipinski definition) is 5. The maximum absolute atomic E-state index is 12.2. The number of methoxy groups -OCH3 is 1. The summed E-state index contributed by atoms with van der Waals surface area (Å²) in [6.45, 7) is 0.720. The minimum Gasteiger partial charge on any atom is -0.380 e. The van der Waals surface area contributed by atoms with Crippen molar-refractivity contribution in [3.8, 4) is 0 Å². The van der Waals surface area contributed by atoms with Gasteiger partial charge in [0.1, 0.15) is 0 Å². The minimum absolute atomic E-state index is 0.0694. The van der Waals surface area contributed by atoms with Gasteiger partial charge in [-0.3, -0.25) is 14.9 Å². The van der Waals surface area contributed by atoms with Gasteiger partial charge in [-0.1, -0.05) is 6.07 Å². The molecule has 1 aromatic carbocycles. The second kappa shape index (κ2) is 5.98. The molecule has 1 amide bonds. The standard InChI is InChI=1S/C13H17N3O4/c1-20-9(8-14)7-13(17)15-6-5-10-11(15)3-2-4-12(10)16(18)19/h2-4,9H,5-8,14H2,1H3. The maximum atomic E-state index is 12.2. The summed E-state index contributed by atoms with van der Waals surface area (Å²) in [5.41, 5.74) is 6.81. The molecule has 7 heteroatoms. The summed E-state index contributed by atoms with van der Waals surface area (Å²) in [5, 5.41) is 11.0. The lowest BCUT2D eigenvalue weighted by Gasteiger charge is -2.20. The van der Waals surface area contributed by atoms with E-state index < -0.39 is 4.92 Å². The molecule has 7 nitrogen and oxygen atoms in total. The van der Waals surface area contributed by atoms with Crippen molar-refractivity contribution >= 4 is 17.3 Å². The molecule has 0 spiro atoms. The molecule has 1 unspecified atom stereocenters. The van der Waals surface area contributed by atoms with Gasteiger partial charge < -0.3 is 15.4 Å². The van der Waals surface area contributed by atoms with Crippen LogP contribution >= 0.6 is 0 Å². The zero-order valence-corrected chi connectivity index (χ0v) is 11.2. The van der Waals surface area contributed by atoms with Crippen molar-refractivity contribution in [2.24, 2.45) is 5.73 Å². The smallest absolute Gasteiger partial charge is 0.274 e. The van der Waals surface area contributed by atoms with E-state index in [9.17, 15) is 14.9 Å². The number of nitro benzene ring substituents is 1. The average Bonchev–Trinajstić information content (AvgIpc) is 2.88. The van der Waals surface area contributed by atoms with Crippen LogP contribution in [0.5, 0.6) is 0 Å². The van der Waals surface area contributed by atoms with E-state index in [-0.39, 0.29) is 30.7 Å². The molecule has 1 aromatic rings. The molecule has 2 rings (SSSR count). The van der Waals surface area contributed by atoms with Crippen LogP contribution in [0.3, 0.4) is 0 Å². The van der Waals surface area contributed by atoms with E-state index in [4.69, 9.17) is 10.5 Å². The van der Waals surface area contributed by atoms with Crippen molar-refractivity contribution in [1.29, 1.82) is 0 Å². The van der Waals surface area contributed by atoms with E-state index in [1.807, 2.05) is 0 Å². The Labute approximate surface area is 116 Å². The number of ether oxygens (including phenoxy) is 1. The van der Waals surface area contributed by atoms with Crippen LogP contribution in [0.25, 0.3) is 0 Å². The summed E-state index contributed by atoms with van der Waals surface area (Å²) in [6, 6.07) is 4.79. The van der Waals surface area contributed by atoms with Gasteiger partial charge in [-0.15, -0.1) is 0 Å². The number of nitro groups is 1. The van der Waals surface area contributed by atoms with E-state index in [0.29, 0.717) is 24.2 Å². The Morgan fingerprint density at radius 1 is 1.60 bits per heavy atom. The van der Waals surface area contributed by atoms with Crippen LogP contribution in [0.2, 0.25) is 0 Å². The molecule has 108 valence electrons. The van der Waals surface area contributed by atoms with Crippen LogP contribution in [0, 0.1) is 10.1 Å². The summed E-state index contributed by atoms with van der Waals surface area (Å²) in [4.78, 5) is 24.4. The second-order valence-electron chi connectivity index (χ2n) is 4.62. The highest BCUT2D eigenvalue weighted by atomic mass is 16.6.